The number of aliphatic hydroxyl groups is 1. The van der Waals surface area contributed by atoms with E-state index >= 15 is 0 Å². The number of halogens is 2. The third kappa shape index (κ3) is 2.23. The summed E-state index contributed by atoms with van der Waals surface area (Å²) in [6, 6.07) is 2.10. The van der Waals surface area contributed by atoms with Crippen molar-refractivity contribution in [2.24, 2.45) is 5.73 Å². The lowest BCUT2D eigenvalue weighted by Gasteiger charge is -2.15. The Hall–Kier alpha value is -1.00. The molecule has 72 valence electrons. The van der Waals surface area contributed by atoms with E-state index in [1.165, 1.54) is 6.92 Å². The van der Waals surface area contributed by atoms with Crippen LogP contribution in [0.1, 0.15) is 18.5 Å². The number of hydrogen-bond acceptors (Lipinski definition) is 2. The van der Waals surface area contributed by atoms with Crippen LogP contribution in [0.15, 0.2) is 18.2 Å². The molecule has 0 fully saturated rings. The van der Waals surface area contributed by atoms with Crippen molar-refractivity contribution in [2.45, 2.75) is 19.1 Å². The molecule has 2 nitrogen and oxygen atoms in total. The summed E-state index contributed by atoms with van der Waals surface area (Å²) in [6.45, 7) is 1.43. The average molecular weight is 187 g/mol. The van der Waals surface area contributed by atoms with Crippen LogP contribution in [-0.2, 0) is 0 Å². The summed E-state index contributed by atoms with van der Waals surface area (Å²) in [5.74, 6) is -1.16. The highest BCUT2D eigenvalue weighted by atomic mass is 19.1. The molecule has 0 aromatic heterocycles. The standard InChI is InChI=1S/C9H11F2NO/c1-5(13)9(12)7-4-6(10)2-3-8(7)11/h2-5,9,13H,12H2,1H3/t5-,9+/m0/s1. The predicted molar refractivity (Wildman–Crippen MR) is 45.0 cm³/mol. The van der Waals surface area contributed by atoms with Crippen LogP contribution < -0.4 is 5.73 Å². The molecule has 1 aromatic carbocycles. The van der Waals surface area contributed by atoms with Crippen LogP contribution in [0.25, 0.3) is 0 Å². The Morgan fingerprint density at radius 2 is 2.00 bits per heavy atom. The van der Waals surface area contributed by atoms with Gasteiger partial charge in [-0.2, -0.15) is 0 Å². The topological polar surface area (TPSA) is 46.2 Å². The molecule has 0 radical (unpaired) electrons. The van der Waals surface area contributed by atoms with E-state index in [1.54, 1.807) is 0 Å². The average Bonchev–Trinajstić information content (AvgIpc) is 2.08. The van der Waals surface area contributed by atoms with Crippen molar-refractivity contribution >= 4 is 0 Å². The molecule has 0 aliphatic rings. The summed E-state index contributed by atoms with van der Waals surface area (Å²) in [6.07, 6.45) is -0.906. The highest BCUT2D eigenvalue weighted by Crippen LogP contribution is 2.18. The molecule has 0 saturated heterocycles. The van der Waals surface area contributed by atoms with Gasteiger partial charge in [-0.25, -0.2) is 8.78 Å². The fraction of sp³-hybridized carbons (Fsp3) is 0.333. The van der Waals surface area contributed by atoms with E-state index in [0.29, 0.717) is 0 Å². The van der Waals surface area contributed by atoms with Gasteiger partial charge in [-0.05, 0) is 25.1 Å². The van der Waals surface area contributed by atoms with Crippen molar-refractivity contribution in [3.05, 3.63) is 35.4 Å². The van der Waals surface area contributed by atoms with E-state index in [1.807, 2.05) is 0 Å². The molecule has 0 bridgehead atoms. The van der Waals surface area contributed by atoms with E-state index in [2.05, 4.69) is 0 Å². The van der Waals surface area contributed by atoms with Crippen LogP contribution in [0.2, 0.25) is 0 Å². The lowest BCUT2D eigenvalue weighted by Crippen LogP contribution is -2.24. The number of hydrogen-bond donors (Lipinski definition) is 2. The van der Waals surface area contributed by atoms with Crippen molar-refractivity contribution in [3.8, 4) is 0 Å². The lowest BCUT2D eigenvalue weighted by molar-refractivity contribution is 0.162. The first-order valence-corrected chi connectivity index (χ1v) is 3.91. The second-order valence-corrected chi connectivity index (χ2v) is 2.93. The van der Waals surface area contributed by atoms with E-state index in [4.69, 9.17) is 10.8 Å². The molecule has 2 atom stereocenters. The van der Waals surface area contributed by atoms with Crippen molar-refractivity contribution in [1.29, 1.82) is 0 Å². The summed E-state index contributed by atoms with van der Waals surface area (Å²) >= 11 is 0. The van der Waals surface area contributed by atoms with Crippen molar-refractivity contribution < 1.29 is 13.9 Å². The molecule has 0 saturated carbocycles. The van der Waals surface area contributed by atoms with Crippen molar-refractivity contribution in [3.63, 3.8) is 0 Å². The van der Waals surface area contributed by atoms with Crippen LogP contribution in [0.5, 0.6) is 0 Å². The molecule has 4 heteroatoms. The molecule has 0 unspecified atom stereocenters. The number of aliphatic hydroxyl groups excluding tert-OH is 1. The first-order valence-electron chi connectivity index (χ1n) is 3.91. The number of benzene rings is 1. The molecule has 1 aromatic rings. The number of rotatable bonds is 2. The van der Waals surface area contributed by atoms with E-state index in [-0.39, 0.29) is 5.56 Å². The molecule has 0 aliphatic carbocycles. The summed E-state index contributed by atoms with van der Waals surface area (Å²) in [5.41, 5.74) is 5.45. The lowest BCUT2D eigenvalue weighted by atomic mass is 10.0. The van der Waals surface area contributed by atoms with Crippen LogP contribution in [0, 0.1) is 11.6 Å². The molecule has 0 heterocycles. The molecule has 13 heavy (non-hydrogen) atoms. The maximum atomic E-state index is 13.0. The fourth-order valence-electron chi connectivity index (χ4n) is 1.03. The van der Waals surface area contributed by atoms with Crippen LogP contribution in [0.4, 0.5) is 8.78 Å². The molecule has 0 spiro atoms. The highest BCUT2D eigenvalue weighted by molar-refractivity contribution is 5.22. The quantitative estimate of drug-likeness (QED) is 0.734. The summed E-state index contributed by atoms with van der Waals surface area (Å²) in [5, 5.41) is 9.08. The number of nitrogens with two attached hydrogens (primary N) is 1. The Bertz CT molecular complexity index is 302. The third-order valence-electron chi connectivity index (χ3n) is 1.84. The molecule has 1 rings (SSSR count). The SMILES string of the molecule is C[C@H](O)[C@@H](N)c1cc(F)ccc1F. The maximum Gasteiger partial charge on any atom is 0.128 e. The van der Waals surface area contributed by atoms with Crippen LogP contribution in [-0.4, -0.2) is 11.2 Å². The minimum absolute atomic E-state index is 0.00463. The molecular formula is C9H11F2NO. The minimum Gasteiger partial charge on any atom is -0.391 e. The van der Waals surface area contributed by atoms with Crippen LogP contribution >= 0.6 is 0 Å². The normalized spacial score (nSPS) is 15.5. The third-order valence-corrected chi connectivity index (χ3v) is 1.84. The second-order valence-electron chi connectivity index (χ2n) is 2.93. The van der Waals surface area contributed by atoms with Gasteiger partial charge in [-0.3, -0.25) is 0 Å². The Balaban J connectivity index is 3.05. The maximum absolute atomic E-state index is 13.0. The zero-order valence-corrected chi connectivity index (χ0v) is 7.17. The van der Waals surface area contributed by atoms with Crippen LogP contribution in [0.3, 0.4) is 0 Å². The largest absolute Gasteiger partial charge is 0.391 e. The van der Waals surface area contributed by atoms with Gasteiger partial charge in [0.25, 0.3) is 0 Å². The monoisotopic (exact) mass is 187 g/mol. The Labute approximate surface area is 75.0 Å². The Morgan fingerprint density at radius 3 is 2.54 bits per heavy atom. The van der Waals surface area contributed by atoms with Gasteiger partial charge < -0.3 is 10.8 Å². The first kappa shape index (κ1) is 10.1. The second kappa shape index (κ2) is 3.81. The van der Waals surface area contributed by atoms with Gasteiger partial charge in [-0.1, -0.05) is 0 Å². The van der Waals surface area contributed by atoms with E-state index in [0.717, 1.165) is 18.2 Å². The predicted octanol–water partition coefficient (Wildman–Crippen LogP) is 1.35. The van der Waals surface area contributed by atoms with Gasteiger partial charge in [-0.15, -0.1) is 0 Å². The van der Waals surface area contributed by atoms with Gasteiger partial charge in [0.2, 0.25) is 0 Å². The summed E-state index contributed by atoms with van der Waals surface area (Å²) in [7, 11) is 0. The van der Waals surface area contributed by atoms with E-state index < -0.39 is 23.8 Å². The highest BCUT2D eigenvalue weighted by Gasteiger charge is 2.16. The Kier molecular flexibility index (Phi) is 2.95. The van der Waals surface area contributed by atoms with E-state index in [9.17, 15) is 8.78 Å². The van der Waals surface area contributed by atoms with Crippen molar-refractivity contribution in [2.75, 3.05) is 0 Å². The minimum atomic E-state index is -0.906. The fourth-order valence-corrected chi connectivity index (χ4v) is 1.03. The zero-order valence-electron chi connectivity index (χ0n) is 7.17. The van der Waals surface area contributed by atoms with Gasteiger partial charge in [0.05, 0.1) is 12.1 Å². The van der Waals surface area contributed by atoms with Gasteiger partial charge in [0, 0.05) is 5.56 Å². The summed E-state index contributed by atoms with van der Waals surface area (Å²) in [4.78, 5) is 0. The van der Waals surface area contributed by atoms with Gasteiger partial charge >= 0.3 is 0 Å². The Morgan fingerprint density at radius 1 is 1.38 bits per heavy atom. The van der Waals surface area contributed by atoms with Gasteiger partial charge in [0.15, 0.2) is 0 Å². The zero-order chi connectivity index (χ0) is 10.0. The smallest absolute Gasteiger partial charge is 0.128 e. The molecule has 3 N–H and O–H groups in total. The van der Waals surface area contributed by atoms with Gasteiger partial charge in [0.1, 0.15) is 11.6 Å². The summed E-state index contributed by atoms with van der Waals surface area (Å²) < 4.78 is 25.7. The van der Waals surface area contributed by atoms with Crippen molar-refractivity contribution in [1.82, 2.24) is 0 Å². The molecular weight excluding hydrogens is 176 g/mol. The molecule has 0 amide bonds. The first-order chi connectivity index (χ1) is 6.02. The molecule has 0 aliphatic heterocycles.